The van der Waals surface area contributed by atoms with E-state index in [0.717, 1.165) is 25.1 Å². The molecule has 2 bridgehead atoms. The summed E-state index contributed by atoms with van der Waals surface area (Å²) in [4.78, 5) is 18.3. The monoisotopic (exact) mass is 392 g/mol. The maximum atomic E-state index is 12.2. The highest BCUT2D eigenvalue weighted by Gasteiger charge is 2.48. The molecule has 0 saturated carbocycles. The molecule has 0 aliphatic carbocycles. The van der Waals surface area contributed by atoms with Crippen molar-refractivity contribution in [3.63, 3.8) is 0 Å². The Labute approximate surface area is 170 Å². The molecule has 6 heteroatoms. The van der Waals surface area contributed by atoms with Crippen LogP contribution in [0.3, 0.4) is 0 Å². The fourth-order valence-corrected chi connectivity index (χ4v) is 5.42. The second-order valence-electron chi connectivity index (χ2n) is 8.93. The van der Waals surface area contributed by atoms with Crippen LogP contribution in [0.15, 0.2) is 41.2 Å². The molecule has 5 rings (SSSR count). The van der Waals surface area contributed by atoms with Gasteiger partial charge in [0.25, 0.3) is 5.56 Å². The molecule has 0 radical (unpaired) electrons. The summed E-state index contributed by atoms with van der Waals surface area (Å²) in [6.07, 6.45) is 3.57. The standard InChI is InChI=1S/C23H28N4O2/c1-15-7-10-22(28)27(25-15)14-23(29)11-17-8-9-18(12-23)26(17)13-21-16(2)19-5-3-4-6-20(19)24-21/h3-7,10,17-18,24,29H,8-9,11-14H2,1-2H3/t17-,18+,23?. The van der Waals surface area contributed by atoms with Crippen molar-refractivity contribution in [2.45, 2.75) is 70.3 Å². The first-order valence-electron chi connectivity index (χ1n) is 10.5. The van der Waals surface area contributed by atoms with Crippen molar-refractivity contribution in [1.82, 2.24) is 19.7 Å². The minimum atomic E-state index is -0.873. The number of hydrogen-bond acceptors (Lipinski definition) is 4. The minimum Gasteiger partial charge on any atom is -0.388 e. The molecule has 1 aromatic carbocycles. The van der Waals surface area contributed by atoms with Crippen molar-refractivity contribution < 1.29 is 5.11 Å². The SMILES string of the molecule is Cc1ccc(=O)n(CC2(O)C[C@H]3CC[C@@H](C2)N3Cc2[nH]c3ccccc3c2C)n1. The molecular formula is C23H28N4O2. The maximum absolute atomic E-state index is 12.2. The van der Waals surface area contributed by atoms with Crippen molar-refractivity contribution >= 4 is 10.9 Å². The molecule has 0 amide bonds. The van der Waals surface area contributed by atoms with Gasteiger partial charge in [0, 0.05) is 41.3 Å². The van der Waals surface area contributed by atoms with E-state index in [0.29, 0.717) is 24.9 Å². The summed E-state index contributed by atoms with van der Waals surface area (Å²) in [5.41, 5.74) is 3.55. The maximum Gasteiger partial charge on any atom is 0.266 e. The number of piperidine rings is 1. The van der Waals surface area contributed by atoms with Crippen LogP contribution >= 0.6 is 0 Å². The Morgan fingerprint density at radius 1 is 1.14 bits per heavy atom. The molecule has 0 spiro atoms. The Hall–Kier alpha value is -2.44. The topological polar surface area (TPSA) is 74.2 Å². The van der Waals surface area contributed by atoms with E-state index in [2.05, 4.69) is 46.2 Å². The van der Waals surface area contributed by atoms with Crippen molar-refractivity contribution in [2.24, 2.45) is 0 Å². The van der Waals surface area contributed by atoms with Gasteiger partial charge >= 0.3 is 0 Å². The number of aromatic nitrogens is 3. The number of para-hydroxylation sites is 1. The van der Waals surface area contributed by atoms with E-state index in [1.165, 1.54) is 32.9 Å². The van der Waals surface area contributed by atoms with Gasteiger partial charge in [-0.25, -0.2) is 4.68 Å². The number of nitrogens with zero attached hydrogens (tertiary/aromatic N) is 3. The Bertz CT molecular complexity index is 1100. The summed E-state index contributed by atoms with van der Waals surface area (Å²) < 4.78 is 1.44. The number of hydrogen-bond donors (Lipinski definition) is 2. The molecule has 29 heavy (non-hydrogen) atoms. The van der Waals surface area contributed by atoms with Gasteiger partial charge in [-0.05, 0) is 57.2 Å². The fourth-order valence-electron chi connectivity index (χ4n) is 5.42. The molecular weight excluding hydrogens is 364 g/mol. The van der Waals surface area contributed by atoms with Crippen LogP contribution in [0.5, 0.6) is 0 Å². The van der Waals surface area contributed by atoms with E-state index in [-0.39, 0.29) is 12.1 Å². The summed E-state index contributed by atoms with van der Waals surface area (Å²) in [6, 6.07) is 12.4. The van der Waals surface area contributed by atoms with E-state index in [9.17, 15) is 9.90 Å². The normalized spacial score (nSPS) is 27.0. The van der Waals surface area contributed by atoms with Crippen LogP contribution in [0, 0.1) is 13.8 Å². The van der Waals surface area contributed by atoms with Gasteiger partial charge in [0.1, 0.15) is 0 Å². The lowest BCUT2D eigenvalue weighted by molar-refractivity contribution is -0.0680. The lowest BCUT2D eigenvalue weighted by atomic mass is 9.85. The zero-order valence-corrected chi connectivity index (χ0v) is 17.1. The molecule has 3 aromatic rings. The van der Waals surface area contributed by atoms with E-state index in [1.807, 2.05) is 6.92 Å². The lowest BCUT2D eigenvalue weighted by Gasteiger charge is -2.43. The van der Waals surface area contributed by atoms with Gasteiger partial charge in [-0.1, -0.05) is 18.2 Å². The van der Waals surface area contributed by atoms with Crippen LogP contribution in [-0.2, 0) is 13.1 Å². The van der Waals surface area contributed by atoms with Gasteiger partial charge in [0.15, 0.2) is 0 Å². The second kappa shape index (κ2) is 6.82. The van der Waals surface area contributed by atoms with Gasteiger partial charge in [0.2, 0.25) is 0 Å². The number of aromatic amines is 1. The highest BCUT2D eigenvalue weighted by Crippen LogP contribution is 2.42. The van der Waals surface area contributed by atoms with Crippen LogP contribution in [0.25, 0.3) is 10.9 Å². The summed E-state index contributed by atoms with van der Waals surface area (Å²) in [7, 11) is 0. The average Bonchev–Trinajstić information content (AvgIpc) is 3.13. The quantitative estimate of drug-likeness (QED) is 0.716. The van der Waals surface area contributed by atoms with E-state index < -0.39 is 5.60 Å². The number of rotatable bonds is 4. The Morgan fingerprint density at radius 2 is 1.86 bits per heavy atom. The summed E-state index contributed by atoms with van der Waals surface area (Å²) in [5.74, 6) is 0. The van der Waals surface area contributed by atoms with E-state index in [1.54, 1.807) is 6.07 Å². The fraction of sp³-hybridized carbons (Fsp3) is 0.478. The molecule has 6 nitrogen and oxygen atoms in total. The Kier molecular flexibility index (Phi) is 4.37. The zero-order chi connectivity index (χ0) is 20.2. The largest absolute Gasteiger partial charge is 0.388 e. The smallest absolute Gasteiger partial charge is 0.266 e. The summed E-state index contributed by atoms with van der Waals surface area (Å²) in [5, 5.41) is 17.0. The zero-order valence-electron chi connectivity index (χ0n) is 17.1. The number of H-pyrrole nitrogens is 1. The van der Waals surface area contributed by atoms with Crippen molar-refractivity contribution in [1.29, 1.82) is 0 Å². The van der Waals surface area contributed by atoms with Crippen LogP contribution in [0.2, 0.25) is 0 Å². The predicted molar refractivity (Wildman–Crippen MR) is 113 cm³/mol. The van der Waals surface area contributed by atoms with Crippen LogP contribution in [0.1, 0.15) is 42.6 Å². The molecule has 2 saturated heterocycles. The average molecular weight is 393 g/mol. The first-order chi connectivity index (χ1) is 13.9. The molecule has 2 aliphatic rings. The van der Waals surface area contributed by atoms with Crippen molar-refractivity contribution in [2.75, 3.05) is 0 Å². The third kappa shape index (κ3) is 3.30. The lowest BCUT2D eigenvalue weighted by Crippen LogP contribution is -2.53. The predicted octanol–water partition coefficient (Wildman–Crippen LogP) is 2.90. The molecule has 152 valence electrons. The molecule has 1 unspecified atom stereocenters. The first-order valence-corrected chi connectivity index (χ1v) is 10.5. The Morgan fingerprint density at radius 3 is 2.59 bits per heavy atom. The third-order valence-corrected chi connectivity index (χ3v) is 6.86. The first kappa shape index (κ1) is 18.6. The summed E-state index contributed by atoms with van der Waals surface area (Å²) >= 11 is 0. The van der Waals surface area contributed by atoms with E-state index >= 15 is 0 Å². The van der Waals surface area contributed by atoms with E-state index in [4.69, 9.17) is 0 Å². The summed E-state index contributed by atoms with van der Waals surface area (Å²) in [6.45, 7) is 5.22. The Balaban J connectivity index is 1.36. The molecule has 2 fully saturated rings. The molecule has 3 atom stereocenters. The van der Waals surface area contributed by atoms with Gasteiger partial charge < -0.3 is 10.1 Å². The highest BCUT2D eigenvalue weighted by molar-refractivity contribution is 5.84. The number of aryl methyl sites for hydroxylation is 2. The van der Waals surface area contributed by atoms with Gasteiger partial charge in [-0.2, -0.15) is 5.10 Å². The van der Waals surface area contributed by atoms with Crippen LogP contribution in [-0.4, -0.2) is 42.5 Å². The minimum absolute atomic E-state index is 0.146. The number of nitrogens with one attached hydrogen (secondary N) is 1. The molecule has 2 N–H and O–H groups in total. The molecule has 4 heterocycles. The second-order valence-corrected chi connectivity index (χ2v) is 8.93. The number of fused-ring (bicyclic) bond motifs is 3. The van der Waals surface area contributed by atoms with Gasteiger partial charge in [-0.15, -0.1) is 0 Å². The van der Waals surface area contributed by atoms with Crippen molar-refractivity contribution in [3.05, 3.63) is 63.7 Å². The van der Waals surface area contributed by atoms with Crippen LogP contribution in [0.4, 0.5) is 0 Å². The van der Waals surface area contributed by atoms with Gasteiger partial charge in [-0.3, -0.25) is 9.69 Å². The van der Waals surface area contributed by atoms with Gasteiger partial charge in [0.05, 0.1) is 17.8 Å². The number of benzene rings is 1. The number of aliphatic hydroxyl groups is 1. The van der Waals surface area contributed by atoms with Crippen LogP contribution < -0.4 is 5.56 Å². The molecule has 2 aromatic heterocycles. The van der Waals surface area contributed by atoms with Crippen molar-refractivity contribution in [3.8, 4) is 0 Å². The molecule has 2 aliphatic heterocycles. The third-order valence-electron chi connectivity index (χ3n) is 6.86. The highest BCUT2D eigenvalue weighted by atomic mass is 16.3.